The molecule has 1 aliphatic rings. The highest BCUT2D eigenvalue weighted by molar-refractivity contribution is 6.16. The van der Waals surface area contributed by atoms with E-state index < -0.39 is 5.41 Å². The Balaban J connectivity index is 1.10. The molecule has 0 amide bonds. The summed E-state index contributed by atoms with van der Waals surface area (Å²) in [5.74, 6) is 0. The minimum Gasteiger partial charge on any atom is -0.309 e. The van der Waals surface area contributed by atoms with Crippen molar-refractivity contribution in [2.24, 2.45) is 0 Å². The summed E-state index contributed by atoms with van der Waals surface area (Å²) in [7, 11) is 0. The molecule has 0 N–H and O–H groups in total. The topological polar surface area (TPSA) is 6.48 Å². The van der Waals surface area contributed by atoms with E-state index in [9.17, 15) is 0 Å². The molecule has 14 rings (SSSR count). The molecular formula is C71H50N2. The molecule has 0 saturated heterocycles. The van der Waals surface area contributed by atoms with E-state index in [4.69, 9.17) is 0 Å². The lowest BCUT2D eigenvalue weighted by atomic mass is 9.66. The summed E-state index contributed by atoms with van der Waals surface area (Å²) in [5, 5.41) is 12.1. The van der Waals surface area contributed by atoms with Crippen LogP contribution in [0.1, 0.15) is 33.4 Å². The van der Waals surface area contributed by atoms with Crippen molar-refractivity contribution in [1.82, 2.24) is 0 Å². The molecule has 0 atom stereocenters. The van der Waals surface area contributed by atoms with Crippen LogP contribution in [0.2, 0.25) is 0 Å². The third-order valence-electron chi connectivity index (χ3n) is 15.5. The quantitative estimate of drug-likeness (QED) is 0.140. The predicted molar refractivity (Wildman–Crippen MR) is 310 cm³/mol. The summed E-state index contributed by atoms with van der Waals surface area (Å²) < 4.78 is 0. The molecule has 0 spiro atoms. The average molecular weight is 931 g/mol. The molecule has 73 heavy (non-hydrogen) atoms. The number of benzene rings is 13. The number of hydrogen-bond donors (Lipinski definition) is 0. The Hall–Kier alpha value is -9.24. The zero-order valence-corrected chi connectivity index (χ0v) is 40.8. The van der Waals surface area contributed by atoms with E-state index in [1.165, 1.54) is 110 Å². The van der Waals surface area contributed by atoms with Crippen LogP contribution >= 0.6 is 0 Å². The molecule has 13 aromatic rings. The number of nitrogens with zero attached hydrogens (tertiary/aromatic N) is 2. The fourth-order valence-electron chi connectivity index (χ4n) is 12.2. The van der Waals surface area contributed by atoms with Crippen molar-refractivity contribution >= 4 is 88.0 Å². The van der Waals surface area contributed by atoms with E-state index >= 15 is 0 Å². The van der Waals surface area contributed by atoms with Gasteiger partial charge in [-0.25, -0.2) is 0 Å². The molecule has 0 aromatic heterocycles. The van der Waals surface area contributed by atoms with Gasteiger partial charge in [-0.05, 0) is 140 Å². The monoisotopic (exact) mass is 930 g/mol. The van der Waals surface area contributed by atoms with E-state index in [0.717, 1.165) is 22.7 Å². The van der Waals surface area contributed by atoms with Gasteiger partial charge in [-0.1, -0.05) is 217 Å². The van der Waals surface area contributed by atoms with Gasteiger partial charge < -0.3 is 9.80 Å². The zero-order valence-electron chi connectivity index (χ0n) is 40.8. The maximum absolute atomic E-state index is 2.52. The SMILES string of the molecule is Cc1ccc(N(c2ccc3c(c2)C(c2ccccc2)(c2cccc4ccccc24)c2cc(N(c4ccc(C)cc4)c4c5ccccc5cc5ccccc45)ccc2-3)c2c3ccccc3cc3ccccc23)cc1. The van der Waals surface area contributed by atoms with Crippen molar-refractivity contribution in [2.45, 2.75) is 19.3 Å². The largest absolute Gasteiger partial charge is 0.309 e. The summed E-state index contributed by atoms with van der Waals surface area (Å²) >= 11 is 0. The molecule has 344 valence electrons. The van der Waals surface area contributed by atoms with Gasteiger partial charge in [0.15, 0.2) is 0 Å². The van der Waals surface area contributed by atoms with E-state index in [0.29, 0.717) is 0 Å². The van der Waals surface area contributed by atoms with Crippen LogP contribution < -0.4 is 9.80 Å². The Bertz CT molecular complexity index is 3950. The second-order valence-electron chi connectivity index (χ2n) is 19.8. The summed E-state index contributed by atoms with van der Waals surface area (Å²) in [5.41, 5.74) is 15.9. The first-order valence-corrected chi connectivity index (χ1v) is 25.4. The Morgan fingerprint density at radius 3 is 1.05 bits per heavy atom. The fourth-order valence-corrected chi connectivity index (χ4v) is 12.2. The summed E-state index contributed by atoms with van der Waals surface area (Å²) in [6, 6.07) is 99.9. The van der Waals surface area contributed by atoms with Crippen LogP contribution in [0.25, 0.3) is 65.0 Å². The third kappa shape index (κ3) is 6.71. The van der Waals surface area contributed by atoms with E-state index in [1.54, 1.807) is 0 Å². The van der Waals surface area contributed by atoms with Gasteiger partial charge in [0.05, 0.1) is 16.8 Å². The Kier molecular flexibility index (Phi) is 9.91. The molecule has 13 aromatic carbocycles. The van der Waals surface area contributed by atoms with Gasteiger partial charge in [-0.15, -0.1) is 0 Å². The molecule has 2 nitrogen and oxygen atoms in total. The van der Waals surface area contributed by atoms with Gasteiger partial charge in [-0.3, -0.25) is 0 Å². The van der Waals surface area contributed by atoms with Crippen molar-refractivity contribution in [2.75, 3.05) is 9.80 Å². The van der Waals surface area contributed by atoms with Crippen molar-refractivity contribution in [3.05, 3.63) is 300 Å². The molecule has 2 heteroatoms. The van der Waals surface area contributed by atoms with E-state index in [2.05, 4.69) is 291 Å². The molecule has 1 aliphatic carbocycles. The number of fused-ring (bicyclic) bond motifs is 8. The smallest absolute Gasteiger partial charge is 0.0721 e. The van der Waals surface area contributed by atoms with Gasteiger partial charge in [0.25, 0.3) is 0 Å². The van der Waals surface area contributed by atoms with Gasteiger partial charge in [-0.2, -0.15) is 0 Å². The Morgan fingerprint density at radius 2 is 0.616 bits per heavy atom. The summed E-state index contributed by atoms with van der Waals surface area (Å²) in [6.07, 6.45) is 0. The number of hydrogen-bond acceptors (Lipinski definition) is 2. The predicted octanol–water partition coefficient (Wildman–Crippen LogP) is 19.4. The fraction of sp³-hybridized carbons (Fsp3) is 0.0423. The Morgan fingerprint density at radius 1 is 0.260 bits per heavy atom. The molecule has 0 saturated carbocycles. The van der Waals surface area contributed by atoms with E-state index in [1.807, 2.05) is 0 Å². The number of rotatable bonds is 8. The van der Waals surface area contributed by atoms with Crippen LogP contribution in [-0.4, -0.2) is 0 Å². The van der Waals surface area contributed by atoms with Gasteiger partial charge in [0.2, 0.25) is 0 Å². The maximum atomic E-state index is 2.52. The molecular weight excluding hydrogens is 881 g/mol. The minimum atomic E-state index is -0.752. The summed E-state index contributed by atoms with van der Waals surface area (Å²) in [4.78, 5) is 5.03. The van der Waals surface area contributed by atoms with Gasteiger partial charge in [0.1, 0.15) is 0 Å². The first-order valence-electron chi connectivity index (χ1n) is 25.4. The van der Waals surface area contributed by atoms with Crippen LogP contribution in [0.5, 0.6) is 0 Å². The van der Waals surface area contributed by atoms with Crippen molar-refractivity contribution < 1.29 is 0 Å². The lowest BCUT2D eigenvalue weighted by molar-refractivity contribution is 0.776. The molecule has 0 fully saturated rings. The van der Waals surface area contributed by atoms with Crippen molar-refractivity contribution in [3.63, 3.8) is 0 Å². The average Bonchev–Trinajstić information content (AvgIpc) is 3.73. The second kappa shape index (κ2) is 17.0. The lowest BCUT2D eigenvalue weighted by Crippen LogP contribution is -2.29. The highest BCUT2D eigenvalue weighted by Crippen LogP contribution is 2.60. The highest BCUT2D eigenvalue weighted by atomic mass is 15.2. The first kappa shape index (κ1) is 42.6. The van der Waals surface area contributed by atoms with Crippen LogP contribution in [-0.2, 0) is 5.41 Å². The normalized spacial score (nSPS) is 12.6. The van der Waals surface area contributed by atoms with Crippen molar-refractivity contribution in [1.29, 1.82) is 0 Å². The van der Waals surface area contributed by atoms with Crippen LogP contribution in [0, 0.1) is 13.8 Å². The van der Waals surface area contributed by atoms with E-state index in [-0.39, 0.29) is 0 Å². The highest BCUT2D eigenvalue weighted by Gasteiger charge is 2.48. The number of anilines is 6. The van der Waals surface area contributed by atoms with Gasteiger partial charge in [0, 0.05) is 44.3 Å². The zero-order chi connectivity index (χ0) is 48.6. The molecule has 0 bridgehead atoms. The molecule has 0 heterocycles. The van der Waals surface area contributed by atoms with Crippen LogP contribution in [0.15, 0.2) is 267 Å². The lowest BCUT2D eigenvalue weighted by Gasteiger charge is -2.37. The Labute approximate surface area is 426 Å². The molecule has 0 unspecified atom stereocenters. The van der Waals surface area contributed by atoms with Gasteiger partial charge >= 0.3 is 0 Å². The molecule has 0 radical (unpaired) electrons. The first-order chi connectivity index (χ1) is 36.0. The van der Waals surface area contributed by atoms with Crippen LogP contribution in [0.3, 0.4) is 0 Å². The third-order valence-corrected chi connectivity index (χ3v) is 15.5. The van der Waals surface area contributed by atoms with Crippen LogP contribution in [0.4, 0.5) is 34.1 Å². The minimum absolute atomic E-state index is 0.752. The maximum Gasteiger partial charge on any atom is 0.0721 e. The number of aryl methyl sites for hydroxylation is 2. The second-order valence-corrected chi connectivity index (χ2v) is 19.8. The summed E-state index contributed by atoms with van der Waals surface area (Å²) in [6.45, 7) is 4.34. The molecule has 0 aliphatic heterocycles. The standard InChI is InChI=1S/C71H50N2/c1-47-31-35-55(36-32-47)72(69-60-26-12-7-18-50(60)43-51-19-8-13-27-61(51)69)57-39-41-64-65-42-40-58(73(56-37-33-48(2)34-38-56)70-62-28-14-9-20-52(62)44-53-21-10-15-29-63(53)70)46-68(65)71(67(64)45-57,54-23-4-3-5-24-54)66-30-16-22-49-17-6-11-25-59(49)66/h3-46H,1-2H3. The van der Waals surface area contributed by atoms with Crippen molar-refractivity contribution in [3.8, 4) is 11.1 Å².